The molecule has 26 heavy (non-hydrogen) atoms. The van der Waals surface area contributed by atoms with Gasteiger partial charge in [-0.2, -0.15) is 0 Å². The van der Waals surface area contributed by atoms with E-state index >= 15 is 0 Å². The van der Waals surface area contributed by atoms with Gasteiger partial charge < -0.3 is 15.0 Å². The number of hydrogen-bond acceptors (Lipinski definition) is 4. The second-order valence-corrected chi connectivity index (χ2v) is 7.74. The molecule has 1 saturated heterocycles. The van der Waals surface area contributed by atoms with Gasteiger partial charge in [-0.05, 0) is 54.3 Å². The number of methoxy groups -OCH3 is 1. The van der Waals surface area contributed by atoms with E-state index in [9.17, 15) is 9.59 Å². The van der Waals surface area contributed by atoms with Gasteiger partial charge in [0.1, 0.15) is 5.75 Å². The number of aryl methyl sites for hydroxylation is 1. The summed E-state index contributed by atoms with van der Waals surface area (Å²) in [6.07, 6.45) is 4.75. The van der Waals surface area contributed by atoms with Crippen molar-refractivity contribution >= 4 is 28.8 Å². The minimum absolute atomic E-state index is 0.0248. The van der Waals surface area contributed by atoms with E-state index in [-0.39, 0.29) is 17.9 Å². The minimum atomic E-state index is -0.164. The Morgan fingerprint density at radius 3 is 3.00 bits per heavy atom. The molecule has 0 bridgehead atoms. The lowest BCUT2D eigenvalue weighted by Crippen LogP contribution is -2.37. The van der Waals surface area contributed by atoms with Crippen LogP contribution in [0.2, 0.25) is 0 Å². The first-order valence-electron chi connectivity index (χ1n) is 9.00. The van der Waals surface area contributed by atoms with E-state index in [4.69, 9.17) is 4.74 Å². The third kappa shape index (κ3) is 3.21. The maximum atomic E-state index is 12.7. The van der Waals surface area contributed by atoms with E-state index in [1.807, 2.05) is 24.3 Å². The van der Waals surface area contributed by atoms with Crippen LogP contribution in [0.4, 0.5) is 5.69 Å². The van der Waals surface area contributed by atoms with Crippen molar-refractivity contribution in [3.05, 3.63) is 45.6 Å². The number of hydrogen-bond donors (Lipinski definition) is 1. The molecule has 2 aliphatic rings. The lowest BCUT2D eigenvalue weighted by molar-refractivity contribution is -0.117. The molecule has 2 heterocycles. The molecule has 2 amide bonds. The molecule has 4 rings (SSSR count). The van der Waals surface area contributed by atoms with Crippen molar-refractivity contribution in [3.63, 3.8) is 0 Å². The van der Waals surface area contributed by atoms with Crippen LogP contribution >= 0.6 is 11.3 Å². The smallest absolute Gasteiger partial charge is 0.261 e. The van der Waals surface area contributed by atoms with Gasteiger partial charge in [-0.25, -0.2) is 0 Å². The minimum Gasteiger partial charge on any atom is -0.497 e. The Balaban J connectivity index is 1.45. The molecular formula is C20H22N2O3S. The fraction of sp³-hybridized carbons (Fsp3) is 0.400. The summed E-state index contributed by atoms with van der Waals surface area (Å²) in [6, 6.07) is 7.29. The number of carbonyl (C=O) groups is 2. The molecule has 6 heteroatoms. The highest BCUT2D eigenvalue weighted by Gasteiger charge is 2.32. The zero-order valence-electron chi connectivity index (χ0n) is 14.8. The van der Waals surface area contributed by atoms with Gasteiger partial charge in [-0.1, -0.05) is 6.07 Å². The Morgan fingerprint density at radius 2 is 2.15 bits per heavy atom. The van der Waals surface area contributed by atoms with Crippen LogP contribution in [0.1, 0.15) is 40.1 Å². The molecule has 1 aliphatic carbocycles. The van der Waals surface area contributed by atoms with Gasteiger partial charge in [0.25, 0.3) is 5.91 Å². The Bertz CT molecular complexity index is 845. The molecule has 1 aromatic heterocycles. The third-order valence-electron chi connectivity index (χ3n) is 5.14. The Hall–Kier alpha value is -2.34. The summed E-state index contributed by atoms with van der Waals surface area (Å²) in [5.74, 6) is 0.702. The first-order chi connectivity index (χ1) is 12.7. The number of ether oxygens (including phenoxy) is 1. The molecule has 1 atom stereocenters. The Kier molecular flexibility index (Phi) is 4.68. The summed E-state index contributed by atoms with van der Waals surface area (Å²) in [5, 5.41) is 5.18. The van der Waals surface area contributed by atoms with Gasteiger partial charge in [-0.15, -0.1) is 11.3 Å². The summed E-state index contributed by atoms with van der Waals surface area (Å²) >= 11 is 1.53. The number of benzene rings is 1. The van der Waals surface area contributed by atoms with Gasteiger partial charge in [0.2, 0.25) is 5.91 Å². The number of nitrogens with zero attached hydrogens (tertiary/aromatic N) is 1. The van der Waals surface area contributed by atoms with Crippen molar-refractivity contribution in [2.75, 3.05) is 18.6 Å². The summed E-state index contributed by atoms with van der Waals surface area (Å²) in [5.41, 5.74) is 3.35. The molecule has 1 N–H and O–H groups in total. The van der Waals surface area contributed by atoms with E-state index in [2.05, 4.69) is 10.7 Å². The summed E-state index contributed by atoms with van der Waals surface area (Å²) in [6.45, 7) is 0.491. The predicted octanol–water partition coefficient (Wildman–Crippen LogP) is 3.17. The average molecular weight is 370 g/mol. The highest BCUT2D eigenvalue weighted by atomic mass is 32.1. The molecule has 0 unspecified atom stereocenters. The summed E-state index contributed by atoms with van der Waals surface area (Å²) in [4.78, 5) is 27.7. The van der Waals surface area contributed by atoms with Crippen molar-refractivity contribution in [2.45, 2.75) is 38.1 Å². The van der Waals surface area contributed by atoms with Crippen LogP contribution in [0.25, 0.3) is 0 Å². The quantitative estimate of drug-likeness (QED) is 0.899. The number of anilines is 1. The lowest BCUT2D eigenvalue weighted by atomic mass is 9.94. The molecule has 0 spiro atoms. The predicted molar refractivity (Wildman–Crippen MR) is 102 cm³/mol. The zero-order chi connectivity index (χ0) is 18.1. The number of rotatable bonds is 4. The van der Waals surface area contributed by atoms with E-state index < -0.39 is 0 Å². The Labute approximate surface area is 157 Å². The maximum Gasteiger partial charge on any atom is 0.261 e. The zero-order valence-corrected chi connectivity index (χ0v) is 15.6. The fourth-order valence-electron chi connectivity index (χ4n) is 3.79. The lowest BCUT2D eigenvalue weighted by Gasteiger charge is -2.18. The number of carbonyl (C=O) groups excluding carboxylic acids is 2. The van der Waals surface area contributed by atoms with Crippen molar-refractivity contribution in [1.29, 1.82) is 0 Å². The number of nitrogens with one attached hydrogen (secondary N) is 1. The molecule has 1 fully saturated rings. The standard InChI is InChI=1S/C20H22N2O3S/c1-25-16-7-4-6-15(10-16)22-11-14(9-18(22)23)21-20(24)19-17-8-3-2-5-13(17)12-26-19/h4,6-7,10,12,14H,2-3,5,8-9,11H2,1H3,(H,21,24)/t14-/m0/s1. The van der Waals surface area contributed by atoms with Gasteiger partial charge in [-0.3, -0.25) is 9.59 Å². The van der Waals surface area contributed by atoms with Gasteiger partial charge >= 0.3 is 0 Å². The second-order valence-electron chi connectivity index (χ2n) is 6.86. The van der Waals surface area contributed by atoms with Crippen LogP contribution in [-0.4, -0.2) is 31.5 Å². The van der Waals surface area contributed by atoms with Crippen LogP contribution in [0.5, 0.6) is 5.75 Å². The molecule has 1 aromatic carbocycles. The second kappa shape index (κ2) is 7.11. The number of fused-ring (bicyclic) bond motifs is 1. The van der Waals surface area contributed by atoms with Gasteiger partial charge in [0.05, 0.1) is 18.0 Å². The highest BCUT2D eigenvalue weighted by molar-refractivity contribution is 7.12. The SMILES string of the molecule is COc1cccc(N2C[C@@H](NC(=O)c3scc4c3CCCC4)CC2=O)c1. The molecule has 5 nitrogen and oxygen atoms in total. The van der Waals surface area contributed by atoms with E-state index in [1.54, 1.807) is 12.0 Å². The number of thiophene rings is 1. The molecule has 0 saturated carbocycles. The van der Waals surface area contributed by atoms with Crippen molar-refractivity contribution in [2.24, 2.45) is 0 Å². The van der Waals surface area contributed by atoms with Crippen molar-refractivity contribution in [3.8, 4) is 5.75 Å². The van der Waals surface area contributed by atoms with E-state index in [1.165, 1.54) is 28.9 Å². The van der Waals surface area contributed by atoms with Crippen molar-refractivity contribution in [1.82, 2.24) is 5.32 Å². The van der Waals surface area contributed by atoms with E-state index in [0.717, 1.165) is 29.8 Å². The fourth-order valence-corrected chi connectivity index (χ4v) is 4.85. The van der Waals surface area contributed by atoms with Crippen LogP contribution in [-0.2, 0) is 17.6 Å². The molecular weight excluding hydrogens is 348 g/mol. The first kappa shape index (κ1) is 17.1. The van der Waals surface area contributed by atoms with Crippen LogP contribution in [0, 0.1) is 0 Å². The normalized spacial score (nSPS) is 19.3. The number of amides is 2. The monoisotopic (exact) mass is 370 g/mol. The first-order valence-corrected chi connectivity index (χ1v) is 9.88. The molecule has 1 aliphatic heterocycles. The van der Waals surface area contributed by atoms with Gasteiger partial charge in [0.15, 0.2) is 0 Å². The van der Waals surface area contributed by atoms with Gasteiger partial charge in [0, 0.05) is 24.7 Å². The molecule has 0 radical (unpaired) electrons. The Morgan fingerprint density at radius 1 is 1.31 bits per heavy atom. The highest BCUT2D eigenvalue weighted by Crippen LogP contribution is 2.30. The summed E-state index contributed by atoms with van der Waals surface area (Å²) < 4.78 is 5.24. The topological polar surface area (TPSA) is 58.6 Å². The van der Waals surface area contributed by atoms with E-state index in [0.29, 0.717) is 18.7 Å². The van der Waals surface area contributed by atoms with Crippen LogP contribution in [0.3, 0.4) is 0 Å². The van der Waals surface area contributed by atoms with Crippen LogP contribution in [0.15, 0.2) is 29.6 Å². The molecule has 136 valence electrons. The largest absolute Gasteiger partial charge is 0.497 e. The van der Waals surface area contributed by atoms with Crippen molar-refractivity contribution < 1.29 is 14.3 Å². The maximum absolute atomic E-state index is 12.7. The third-order valence-corrected chi connectivity index (χ3v) is 6.20. The molecule has 2 aromatic rings. The summed E-state index contributed by atoms with van der Waals surface area (Å²) in [7, 11) is 1.61. The average Bonchev–Trinajstić information content (AvgIpc) is 3.25. The van der Waals surface area contributed by atoms with Crippen LogP contribution < -0.4 is 15.0 Å².